The number of methoxy groups -OCH3 is 2. The third-order valence-electron chi connectivity index (χ3n) is 6.85. The number of fused-ring (bicyclic) bond motifs is 1. The number of imidazole rings is 1. The molecule has 0 bridgehead atoms. The molecule has 1 N–H and O–H groups in total. The van der Waals surface area contributed by atoms with Crippen molar-refractivity contribution >= 4 is 11.6 Å². The second-order valence-corrected chi connectivity index (χ2v) is 9.29. The van der Waals surface area contributed by atoms with E-state index in [-0.39, 0.29) is 24.3 Å². The third kappa shape index (κ3) is 5.25. The first-order chi connectivity index (χ1) is 18.6. The highest BCUT2D eigenvalue weighted by Gasteiger charge is 2.26. The van der Waals surface area contributed by atoms with Gasteiger partial charge in [0.1, 0.15) is 17.1 Å². The molecule has 2 aromatic heterocycles. The molecule has 0 fully saturated rings. The van der Waals surface area contributed by atoms with Gasteiger partial charge in [0.05, 0.1) is 26.0 Å². The van der Waals surface area contributed by atoms with E-state index in [2.05, 4.69) is 14.7 Å². The van der Waals surface area contributed by atoms with Crippen LogP contribution in [0.25, 0.3) is 5.65 Å². The average Bonchev–Trinajstić information content (AvgIpc) is 3.40. The highest BCUT2D eigenvalue weighted by molar-refractivity contribution is 5.78. The molecule has 1 unspecified atom stereocenters. The summed E-state index contributed by atoms with van der Waals surface area (Å²) in [5.41, 5.74) is 5.82. The molecule has 6 heteroatoms. The Balaban J connectivity index is 1.54. The van der Waals surface area contributed by atoms with Crippen LogP contribution in [0.5, 0.6) is 11.5 Å². The molecule has 1 atom stereocenters. The fourth-order valence-corrected chi connectivity index (χ4v) is 4.91. The van der Waals surface area contributed by atoms with Crippen LogP contribution in [0.15, 0.2) is 103 Å². The number of rotatable bonds is 9. The van der Waals surface area contributed by atoms with Gasteiger partial charge in [0.25, 0.3) is 0 Å². The van der Waals surface area contributed by atoms with Gasteiger partial charge in [0.15, 0.2) is 0 Å². The molecule has 0 spiro atoms. The van der Waals surface area contributed by atoms with Crippen LogP contribution in [0, 0.1) is 6.92 Å². The smallest absolute Gasteiger partial charge is 0.221 e. The zero-order chi connectivity index (χ0) is 26.5. The van der Waals surface area contributed by atoms with Gasteiger partial charge in [-0.3, -0.25) is 4.79 Å². The first kappa shape index (κ1) is 25.1. The van der Waals surface area contributed by atoms with Gasteiger partial charge in [-0.25, -0.2) is 4.98 Å². The van der Waals surface area contributed by atoms with Crippen molar-refractivity contribution < 1.29 is 14.3 Å². The lowest BCUT2D eigenvalue weighted by Crippen LogP contribution is -2.30. The van der Waals surface area contributed by atoms with E-state index in [4.69, 9.17) is 9.47 Å². The number of carbonyl (C=O) groups excluding carboxylic acids is 1. The van der Waals surface area contributed by atoms with Crippen LogP contribution < -0.4 is 14.8 Å². The Labute approximate surface area is 222 Å². The van der Waals surface area contributed by atoms with Gasteiger partial charge in [-0.05, 0) is 47.4 Å². The van der Waals surface area contributed by atoms with Crippen molar-refractivity contribution in [3.05, 3.63) is 131 Å². The first-order valence-corrected chi connectivity index (χ1v) is 12.6. The monoisotopic (exact) mass is 505 g/mol. The van der Waals surface area contributed by atoms with Gasteiger partial charge < -0.3 is 19.2 Å². The summed E-state index contributed by atoms with van der Waals surface area (Å²) in [5.74, 6) is 0.975. The van der Waals surface area contributed by atoms with Crippen LogP contribution in [-0.4, -0.2) is 29.5 Å². The molecule has 0 saturated carbocycles. The molecule has 5 aromatic rings. The van der Waals surface area contributed by atoms with Crippen LogP contribution in [0.4, 0.5) is 0 Å². The lowest BCUT2D eigenvalue weighted by molar-refractivity contribution is -0.121. The van der Waals surface area contributed by atoms with Crippen molar-refractivity contribution in [2.75, 3.05) is 14.2 Å². The highest BCUT2D eigenvalue weighted by atomic mass is 16.5. The van der Waals surface area contributed by atoms with Gasteiger partial charge >= 0.3 is 0 Å². The minimum atomic E-state index is -0.289. The van der Waals surface area contributed by atoms with Crippen molar-refractivity contribution in [2.45, 2.75) is 25.3 Å². The number of benzene rings is 3. The number of nitrogens with one attached hydrogen (secondary N) is 1. The van der Waals surface area contributed by atoms with Crippen LogP contribution in [0.2, 0.25) is 0 Å². The molecule has 0 radical (unpaired) electrons. The molecule has 38 heavy (non-hydrogen) atoms. The zero-order valence-corrected chi connectivity index (χ0v) is 21.8. The van der Waals surface area contributed by atoms with E-state index in [1.165, 1.54) is 0 Å². The van der Waals surface area contributed by atoms with Crippen LogP contribution in [-0.2, 0) is 4.79 Å². The molecular weight excluding hydrogens is 474 g/mol. The molecule has 1 amide bonds. The Morgan fingerprint density at radius 2 is 1.45 bits per heavy atom. The van der Waals surface area contributed by atoms with Crippen molar-refractivity contribution in [1.29, 1.82) is 0 Å². The molecule has 6 nitrogen and oxygen atoms in total. The number of ether oxygens (including phenoxy) is 2. The molecule has 0 aliphatic heterocycles. The molecule has 0 aliphatic rings. The maximum Gasteiger partial charge on any atom is 0.221 e. The predicted molar refractivity (Wildman–Crippen MR) is 149 cm³/mol. The summed E-state index contributed by atoms with van der Waals surface area (Å²) in [6, 6.07) is 29.6. The highest BCUT2D eigenvalue weighted by Crippen LogP contribution is 2.35. The fraction of sp³-hybridized carbons (Fsp3) is 0.188. The molecule has 0 saturated heterocycles. The molecule has 192 valence electrons. The minimum Gasteiger partial charge on any atom is -0.497 e. The van der Waals surface area contributed by atoms with E-state index in [1.807, 2.05) is 110 Å². The minimum absolute atomic E-state index is 0.0721. The number of nitrogens with zero attached hydrogens (tertiary/aromatic N) is 2. The summed E-state index contributed by atoms with van der Waals surface area (Å²) < 4.78 is 13.2. The molecule has 0 aliphatic carbocycles. The maximum absolute atomic E-state index is 13.8. The number of aromatic nitrogens is 2. The first-order valence-electron chi connectivity index (χ1n) is 12.6. The van der Waals surface area contributed by atoms with Crippen LogP contribution in [0.3, 0.4) is 0 Å². The zero-order valence-electron chi connectivity index (χ0n) is 21.8. The Hall–Kier alpha value is -4.58. The van der Waals surface area contributed by atoms with Gasteiger partial charge in [-0.2, -0.15) is 0 Å². The Morgan fingerprint density at radius 3 is 2.03 bits per heavy atom. The van der Waals surface area contributed by atoms with Crippen LogP contribution >= 0.6 is 0 Å². The lowest BCUT2D eigenvalue weighted by atomic mass is 9.91. The topological polar surface area (TPSA) is 64.9 Å². The SMILES string of the molecule is COc1cc(OC)cc(C(CC(=O)NC(c2ccccc2)c2ccccc2)c2cnc3c(C)cccn23)c1. The molecular formula is C32H31N3O3. The van der Waals surface area contributed by atoms with Gasteiger partial charge in [0.2, 0.25) is 5.91 Å². The number of carbonyl (C=O) groups is 1. The quantitative estimate of drug-likeness (QED) is 0.263. The Kier molecular flexibility index (Phi) is 7.40. The van der Waals surface area contributed by atoms with E-state index in [9.17, 15) is 4.79 Å². The largest absolute Gasteiger partial charge is 0.497 e. The number of pyridine rings is 1. The third-order valence-corrected chi connectivity index (χ3v) is 6.85. The maximum atomic E-state index is 13.8. The van der Waals surface area contributed by atoms with E-state index in [1.54, 1.807) is 14.2 Å². The van der Waals surface area contributed by atoms with E-state index in [0.29, 0.717) is 11.5 Å². The number of hydrogen-bond acceptors (Lipinski definition) is 4. The number of aryl methyl sites for hydroxylation is 1. The lowest BCUT2D eigenvalue weighted by Gasteiger charge is -2.23. The van der Waals surface area contributed by atoms with Gasteiger partial charge in [-0.15, -0.1) is 0 Å². The van der Waals surface area contributed by atoms with Crippen molar-refractivity contribution in [1.82, 2.24) is 14.7 Å². The molecule has 5 rings (SSSR count). The van der Waals surface area contributed by atoms with E-state index >= 15 is 0 Å². The Morgan fingerprint density at radius 1 is 0.842 bits per heavy atom. The van der Waals surface area contributed by atoms with E-state index in [0.717, 1.165) is 33.6 Å². The van der Waals surface area contributed by atoms with Crippen molar-refractivity contribution in [3.63, 3.8) is 0 Å². The summed E-state index contributed by atoms with van der Waals surface area (Å²) in [7, 11) is 3.25. The van der Waals surface area contributed by atoms with Gasteiger partial charge in [0, 0.05) is 30.8 Å². The summed E-state index contributed by atoms with van der Waals surface area (Å²) in [6.07, 6.45) is 4.07. The van der Waals surface area contributed by atoms with Crippen molar-refractivity contribution in [3.8, 4) is 11.5 Å². The van der Waals surface area contributed by atoms with E-state index < -0.39 is 0 Å². The van der Waals surface area contributed by atoms with Crippen molar-refractivity contribution in [2.24, 2.45) is 0 Å². The standard InChI is InChI=1S/C32H31N3O3/c1-22-11-10-16-35-29(21-33-32(22)35)28(25-17-26(37-2)19-27(18-25)38-3)20-30(36)34-31(23-12-6-4-7-13-23)24-14-8-5-9-15-24/h4-19,21,28,31H,20H2,1-3H3,(H,34,36). The number of hydrogen-bond donors (Lipinski definition) is 1. The average molecular weight is 506 g/mol. The predicted octanol–water partition coefficient (Wildman–Crippen LogP) is 6.09. The summed E-state index contributed by atoms with van der Waals surface area (Å²) in [6.45, 7) is 2.03. The summed E-state index contributed by atoms with van der Waals surface area (Å²) >= 11 is 0. The van der Waals surface area contributed by atoms with Gasteiger partial charge in [-0.1, -0.05) is 66.7 Å². The number of amides is 1. The normalized spacial score (nSPS) is 11.9. The second-order valence-electron chi connectivity index (χ2n) is 9.29. The molecule has 2 heterocycles. The summed E-state index contributed by atoms with van der Waals surface area (Å²) in [5, 5.41) is 3.30. The fourth-order valence-electron chi connectivity index (χ4n) is 4.91. The summed E-state index contributed by atoms with van der Waals surface area (Å²) in [4.78, 5) is 18.5. The Bertz CT molecular complexity index is 1470. The molecule has 3 aromatic carbocycles. The van der Waals surface area contributed by atoms with Crippen LogP contribution in [0.1, 0.15) is 46.3 Å². The second kappa shape index (κ2) is 11.2.